The summed E-state index contributed by atoms with van der Waals surface area (Å²) in [6.45, 7) is 8.80. The molecule has 12 aromatic rings. The van der Waals surface area contributed by atoms with E-state index in [1.165, 1.54) is 53.0 Å². The number of hydrogen-bond donors (Lipinski definition) is 23. The van der Waals surface area contributed by atoms with E-state index in [0.29, 0.717) is 79.8 Å². The fourth-order valence-corrected chi connectivity index (χ4v) is 9.68. The monoisotopic (exact) mass is 1740 g/mol. The number of H-pyrrole nitrogens is 6. The van der Waals surface area contributed by atoms with E-state index in [1.54, 1.807) is 127 Å². The number of anilines is 9. The highest BCUT2D eigenvalue weighted by Gasteiger charge is 2.34. The number of aliphatic imine (C=N–C) groups is 2. The first-order chi connectivity index (χ1) is 59.3. The van der Waals surface area contributed by atoms with Crippen molar-refractivity contribution in [2.75, 3.05) is 65.7 Å². The summed E-state index contributed by atoms with van der Waals surface area (Å²) in [4.78, 5) is 207. The maximum atomic E-state index is 11.2. The van der Waals surface area contributed by atoms with Crippen LogP contribution in [0.5, 0.6) is 0 Å². The van der Waals surface area contributed by atoms with Crippen molar-refractivity contribution in [1.82, 2.24) is 164 Å². The van der Waals surface area contributed by atoms with Crippen LogP contribution in [0.15, 0.2) is 131 Å². The van der Waals surface area contributed by atoms with Gasteiger partial charge in [0.1, 0.15) is 63.0 Å². The molecule has 18 heterocycles. The average molecular weight is 1740 g/mol. The van der Waals surface area contributed by atoms with Crippen LogP contribution in [-0.4, -0.2) is 218 Å². The van der Waals surface area contributed by atoms with Crippen molar-refractivity contribution in [2.45, 2.75) is 53.6 Å². The number of imide groups is 1. The Labute approximate surface area is 706 Å². The van der Waals surface area contributed by atoms with Crippen LogP contribution in [0.2, 0.25) is 0 Å². The number of guanidine groups is 2. The summed E-state index contributed by atoms with van der Waals surface area (Å²) in [6, 6.07) is 0.268. The second kappa shape index (κ2) is 42.3. The quantitative estimate of drug-likeness (QED) is 0.0628. The van der Waals surface area contributed by atoms with Crippen LogP contribution in [0.25, 0.3) is 33.5 Å². The first kappa shape index (κ1) is 94.7. The molecule has 6 aliphatic heterocycles. The molecule has 0 aliphatic carbocycles. The van der Waals surface area contributed by atoms with Gasteiger partial charge in [0.05, 0.1) is 55.5 Å². The number of nitrogens with zero attached hydrogens (tertiary/aromatic N) is 24. The number of aryl methyl sites for hydroxylation is 9. The molecule has 0 radical (unpaired) electrons. The summed E-state index contributed by atoms with van der Waals surface area (Å²) in [5.74, 6) is 2.47. The van der Waals surface area contributed by atoms with E-state index in [2.05, 4.69) is 131 Å². The van der Waals surface area contributed by atoms with E-state index in [9.17, 15) is 57.5 Å². The Balaban J connectivity index is 0.000000189. The Bertz CT molecular complexity index is 6560. The molecule has 664 valence electrons. The molecule has 0 spiro atoms. The van der Waals surface area contributed by atoms with Crippen LogP contribution >= 0.6 is 0 Å². The van der Waals surface area contributed by atoms with E-state index in [4.69, 9.17) is 68.2 Å². The number of nitrogens with one attached hydrogen (secondary N) is 13. The number of aromatic nitrogens is 24. The van der Waals surface area contributed by atoms with Crippen molar-refractivity contribution >= 4 is 140 Å². The summed E-state index contributed by atoms with van der Waals surface area (Å²) < 4.78 is 7.93. The summed E-state index contributed by atoms with van der Waals surface area (Å²) in [7, 11) is 12.3. The molecule has 1 fully saturated rings. The van der Waals surface area contributed by atoms with Gasteiger partial charge in [-0.2, -0.15) is 24.9 Å². The molecule has 126 heavy (non-hydrogen) atoms. The van der Waals surface area contributed by atoms with Gasteiger partial charge in [-0.1, -0.05) is 6.92 Å². The Kier molecular flexibility index (Phi) is 31.8. The predicted molar refractivity (Wildman–Crippen MR) is 460 cm³/mol. The number of nitrogens with two attached hydrogens (primary N) is 10. The van der Waals surface area contributed by atoms with Crippen molar-refractivity contribution in [2.24, 2.45) is 56.9 Å². The van der Waals surface area contributed by atoms with Crippen LogP contribution in [0.4, 0.5) is 67.1 Å². The highest BCUT2D eigenvalue weighted by atomic mass is 16.2. The third-order valence-electron chi connectivity index (χ3n) is 16.5. The van der Waals surface area contributed by atoms with Crippen LogP contribution in [0, 0.1) is 44.4 Å². The molecule has 59 nitrogen and oxygen atoms in total. The number of rotatable bonds is 0. The molecule has 18 rings (SSSR count). The summed E-state index contributed by atoms with van der Waals surface area (Å²) in [5, 5.41) is 26.4. The second-order valence-electron chi connectivity index (χ2n) is 26.2. The average Bonchev–Trinajstić information content (AvgIpc) is 1.69. The van der Waals surface area contributed by atoms with Gasteiger partial charge in [-0.25, -0.2) is 68.7 Å². The van der Waals surface area contributed by atoms with Gasteiger partial charge in [-0.3, -0.25) is 106 Å². The lowest BCUT2D eigenvalue weighted by molar-refractivity contribution is -0.119. The van der Waals surface area contributed by atoms with E-state index < -0.39 is 28.9 Å². The van der Waals surface area contributed by atoms with Crippen molar-refractivity contribution in [3.8, 4) is 0 Å². The Morgan fingerprint density at radius 2 is 1.06 bits per heavy atom. The van der Waals surface area contributed by atoms with Gasteiger partial charge in [-0.15, -0.1) is 0 Å². The highest BCUT2D eigenvalue weighted by Crippen LogP contribution is 2.19. The molecule has 33 N–H and O–H groups in total. The first-order valence-corrected chi connectivity index (χ1v) is 35.8. The number of nitrogen functional groups attached to an aromatic ring is 9. The molecule has 0 bridgehead atoms. The third kappa shape index (κ3) is 26.3. The van der Waals surface area contributed by atoms with Crippen LogP contribution in [0.1, 0.15) is 45.6 Å². The molecule has 3 atom stereocenters. The molecule has 0 saturated carbocycles. The fraction of sp³-hybridized carbons (Fsp3) is 0.239. The summed E-state index contributed by atoms with van der Waals surface area (Å²) in [5.41, 5.74) is 57.7. The van der Waals surface area contributed by atoms with Gasteiger partial charge in [0.25, 0.3) is 28.1 Å². The zero-order chi connectivity index (χ0) is 93.4. The normalized spacial score (nSPS) is 14.9. The van der Waals surface area contributed by atoms with Crippen molar-refractivity contribution in [1.29, 1.82) is 10.8 Å². The van der Waals surface area contributed by atoms with Gasteiger partial charge in [-0.05, 0) is 27.7 Å². The van der Waals surface area contributed by atoms with Crippen molar-refractivity contribution in [3.63, 3.8) is 0 Å². The van der Waals surface area contributed by atoms with E-state index in [0.717, 1.165) is 11.1 Å². The topological polar surface area (TPSA) is 898 Å². The van der Waals surface area contributed by atoms with E-state index >= 15 is 0 Å². The van der Waals surface area contributed by atoms with Crippen LogP contribution < -0.4 is 123 Å². The lowest BCUT2D eigenvalue weighted by atomic mass is 10.1. The zero-order valence-electron chi connectivity index (χ0n) is 69.0. The Morgan fingerprint density at radius 3 is 1.63 bits per heavy atom. The number of fused-ring (bicyclic) bond motifs is 6. The minimum atomic E-state index is -0.517. The molecule has 1 saturated heterocycles. The first-order valence-electron chi connectivity index (χ1n) is 35.8. The van der Waals surface area contributed by atoms with E-state index in [1.807, 2.05) is 39.9 Å². The van der Waals surface area contributed by atoms with Gasteiger partial charge in [0.2, 0.25) is 42.0 Å². The fourth-order valence-electron chi connectivity index (χ4n) is 9.68. The van der Waals surface area contributed by atoms with E-state index in [-0.39, 0.29) is 112 Å². The molecule has 12 aromatic heterocycles. The molecule has 6 aliphatic rings. The number of amidine groups is 1. The van der Waals surface area contributed by atoms with Gasteiger partial charge >= 0.3 is 35.2 Å². The molecular formula is C67H89N47O12. The minimum absolute atomic E-state index is 0.0531. The largest absolute Gasteiger partial charge is 0.384 e. The van der Waals surface area contributed by atoms with Crippen LogP contribution in [-0.2, 0) is 46.5 Å². The Morgan fingerprint density at radius 1 is 0.484 bits per heavy atom. The highest BCUT2D eigenvalue weighted by molar-refractivity contribution is 6.10. The van der Waals surface area contributed by atoms with Crippen LogP contribution in [0.3, 0.4) is 0 Å². The lowest BCUT2D eigenvalue weighted by Crippen LogP contribution is -2.64. The molecule has 0 aromatic carbocycles. The number of hydrogen-bond acceptors (Lipinski definition) is 40. The number of imidazole rings is 4. The number of amides is 8. The van der Waals surface area contributed by atoms with Gasteiger partial charge in [0, 0.05) is 122 Å². The number of aromatic amines is 6. The molecule has 3 unspecified atom stereocenters. The number of carbonyl (C=O) groups is 5. The summed E-state index contributed by atoms with van der Waals surface area (Å²) >= 11 is 0. The maximum absolute atomic E-state index is 11.2. The van der Waals surface area contributed by atoms with Gasteiger partial charge in [0.15, 0.2) is 28.9 Å². The predicted octanol–water partition coefficient (Wildman–Crippen LogP) is -6.10. The third-order valence-corrected chi connectivity index (χ3v) is 16.5. The lowest BCUT2D eigenvalue weighted by Gasteiger charge is -2.34. The molecule has 59 heteroatoms. The zero-order valence-corrected chi connectivity index (χ0v) is 69.0. The minimum Gasteiger partial charge on any atom is -0.384 e. The van der Waals surface area contributed by atoms with Gasteiger partial charge < -0.3 is 99.9 Å². The van der Waals surface area contributed by atoms with Crippen molar-refractivity contribution < 1.29 is 24.0 Å². The Hall–Kier alpha value is -18.4. The smallest absolute Gasteiger partial charge is 0.348 e. The van der Waals surface area contributed by atoms with Crippen molar-refractivity contribution in [3.05, 3.63) is 194 Å². The molecular weight excluding hydrogens is 1660 g/mol. The second-order valence-corrected chi connectivity index (χ2v) is 26.2. The number of carbonyl (C=O) groups excluding carboxylic acids is 5. The SMILES string of the molecule is CC1C=NC(=O)NC1=N.CN1C=CN2C(=N)NC(=O)NC12.CN1C=CN2C(=O)NC(N)=NC12.Cc1cnc(N)nc1N.Cc1cnc(N)nc1N.Cc1ncc(=O)[nH]c1N.Cc1ncc(N)[nH]c1=O.Cn1ccc(=O)[nH]c1=O.Cn1cnc2c(=O)[nH]c(=O)[nH]c21.Cn1cnc2c(N)[nH]c(=O)nc21.Cn1cnc2c(N)nc(N)nc21.Cn1cnc2c1CC(=O)NC2=O. The standard InChI is InChI=1S/C7H7N3O2.C6H8N6.C6H7N5O.2C6H9N5O.C6H6N4O2.2C5H8N4.3C5H7N3O.C5H6N2O2/c1-10-3-8-6-4(10)2-5(11)9-7(6)12;1-12-2-9-3-4(7)10-6(8)11-5(3)12;1-11-2-8-3-4(7)9-6(12)10-5(3)11;1-10-2-3-11-4(7)8-5(12)9-6(10)11;1-10-2-3-11-5(10)8-4(7)9-6(11)12;1-10-2-7-3-4(10)8-6(12)9-5(3)11;2*1-3-2-8-5(7)9-4(3)6;1-3-5(6)8-4(9)2-7-3;1-3-5(9)8-4(6)2-7-3;1-3-2-7-5(9)8-4(3)6;1-7-3-2-4(8)6-5(7)9/h3H,2H2,1H3,(H,9,11,12);2H,1H3,(H4,7,8,10,11);2H,1H3,(H3,7,9,10,12);2-3,6H,1H3,(H3,7,8,9,12);2-3,5H,1H3,(H3,7,8,9,12);2H,1H3,(H2,8,9,11,12);2*2H,1H3,(H4,6,7,8,9);2*2H,1H3,(H3,6,8,9);2-3H,1H3,(H2,6,8,9);2-3H,1H3,(H,6,8,9). The summed E-state index contributed by atoms with van der Waals surface area (Å²) in [6.07, 6.45) is 21.5. The maximum Gasteiger partial charge on any atom is 0.348 e. The number of urea groups is 3. The molecule has 8 amide bonds.